The predicted molar refractivity (Wildman–Crippen MR) is 72.5 cm³/mol. The molecule has 0 aromatic heterocycles. The van der Waals surface area contributed by atoms with E-state index in [9.17, 15) is 5.11 Å². The predicted octanol–water partition coefficient (Wildman–Crippen LogP) is 2.30. The molecule has 0 bridgehead atoms. The second kappa shape index (κ2) is 5.53. The molecule has 4 nitrogen and oxygen atoms in total. The molecule has 0 fully saturated rings. The molecule has 1 unspecified atom stereocenters. The van der Waals surface area contributed by atoms with Gasteiger partial charge in [-0.25, -0.2) is 0 Å². The Hall–Kier alpha value is -1.68. The van der Waals surface area contributed by atoms with E-state index in [4.69, 9.17) is 14.2 Å². The van der Waals surface area contributed by atoms with Crippen LogP contribution in [0.3, 0.4) is 0 Å². The van der Waals surface area contributed by atoms with Crippen LogP contribution in [0.15, 0.2) is 30.0 Å². The van der Waals surface area contributed by atoms with Gasteiger partial charge < -0.3 is 19.3 Å². The van der Waals surface area contributed by atoms with E-state index in [1.165, 1.54) is 0 Å². The molecule has 4 heteroatoms. The van der Waals surface area contributed by atoms with Gasteiger partial charge >= 0.3 is 0 Å². The molecule has 19 heavy (non-hydrogen) atoms. The maximum absolute atomic E-state index is 10.5. The smallest absolute Gasteiger partial charge is 0.160 e. The lowest BCUT2D eigenvalue weighted by molar-refractivity contribution is 0.0350. The van der Waals surface area contributed by atoms with Gasteiger partial charge in [-0.05, 0) is 30.7 Å². The molecule has 0 amide bonds. The molecule has 1 heterocycles. The summed E-state index contributed by atoms with van der Waals surface area (Å²) in [5, 5.41) is 10.5. The van der Waals surface area contributed by atoms with Crippen LogP contribution in [-0.4, -0.2) is 31.5 Å². The van der Waals surface area contributed by atoms with Crippen molar-refractivity contribution >= 4 is 0 Å². The Labute approximate surface area is 113 Å². The van der Waals surface area contributed by atoms with Gasteiger partial charge in [-0.1, -0.05) is 6.07 Å². The third-order valence-electron chi connectivity index (χ3n) is 3.23. The number of ether oxygens (including phenoxy) is 3. The van der Waals surface area contributed by atoms with E-state index in [0.717, 1.165) is 12.0 Å². The van der Waals surface area contributed by atoms with Crippen LogP contribution in [0, 0.1) is 0 Å². The average Bonchev–Trinajstić information content (AvgIpc) is 2.93. The summed E-state index contributed by atoms with van der Waals surface area (Å²) in [6, 6.07) is 5.64. The highest BCUT2D eigenvalue weighted by molar-refractivity contribution is 5.43. The monoisotopic (exact) mass is 264 g/mol. The zero-order chi connectivity index (χ0) is 13.9. The third-order valence-corrected chi connectivity index (χ3v) is 3.23. The van der Waals surface area contributed by atoms with Gasteiger partial charge in [0.15, 0.2) is 11.5 Å². The van der Waals surface area contributed by atoms with Gasteiger partial charge in [-0.2, -0.15) is 0 Å². The minimum atomic E-state index is -0.990. The molecule has 2 rings (SSSR count). The van der Waals surface area contributed by atoms with E-state index < -0.39 is 5.60 Å². The van der Waals surface area contributed by atoms with E-state index in [-0.39, 0.29) is 0 Å². The minimum absolute atomic E-state index is 0.471. The fraction of sp³-hybridized carbons (Fsp3) is 0.467. The van der Waals surface area contributed by atoms with Crippen molar-refractivity contribution in [1.29, 1.82) is 0 Å². The zero-order valence-electron chi connectivity index (χ0n) is 11.6. The zero-order valence-corrected chi connectivity index (χ0v) is 11.6. The van der Waals surface area contributed by atoms with Crippen molar-refractivity contribution in [3.63, 3.8) is 0 Å². The van der Waals surface area contributed by atoms with Crippen molar-refractivity contribution in [2.45, 2.75) is 25.4 Å². The fourth-order valence-corrected chi connectivity index (χ4v) is 2.27. The fourth-order valence-electron chi connectivity index (χ4n) is 2.27. The molecular weight excluding hydrogens is 244 g/mol. The van der Waals surface area contributed by atoms with Gasteiger partial charge in [-0.15, -0.1) is 0 Å². The summed E-state index contributed by atoms with van der Waals surface area (Å²) >= 11 is 0. The van der Waals surface area contributed by atoms with E-state index in [0.29, 0.717) is 30.3 Å². The number of benzene rings is 1. The van der Waals surface area contributed by atoms with E-state index in [1.807, 2.05) is 24.3 Å². The van der Waals surface area contributed by atoms with Crippen molar-refractivity contribution in [3.05, 3.63) is 35.6 Å². The number of hydrogen-bond acceptors (Lipinski definition) is 4. The molecule has 0 aliphatic carbocycles. The van der Waals surface area contributed by atoms with Crippen LogP contribution in [0.4, 0.5) is 0 Å². The molecule has 1 N–H and O–H groups in total. The Morgan fingerprint density at radius 3 is 2.58 bits per heavy atom. The van der Waals surface area contributed by atoms with Crippen LogP contribution in [0.25, 0.3) is 0 Å². The van der Waals surface area contributed by atoms with E-state index >= 15 is 0 Å². The lowest BCUT2D eigenvalue weighted by Gasteiger charge is -2.24. The summed E-state index contributed by atoms with van der Waals surface area (Å²) < 4.78 is 15.9. The van der Waals surface area contributed by atoms with Crippen LogP contribution >= 0.6 is 0 Å². The van der Waals surface area contributed by atoms with Crippen LogP contribution < -0.4 is 9.47 Å². The largest absolute Gasteiger partial charge is 0.495 e. The lowest BCUT2D eigenvalue weighted by Crippen LogP contribution is -2.30. The first kappa shape index (κ1) is 13.7. The van der Waals surface area contributed by atoms with Crippen molar-refractivity contribution in [3.8, 4) is 11.5 Å². The molecule has 1 aromatic carbocycles. The topological polar surface area (TPSA) is 47.9 Å². The first-order chi connectivity index (χ1) is 9.06. The maximum Gasteiger partial charge on any atom is 0.160 e. The highest BCUT2D eigenvalue weighted by Gasteiger charge is 2.30. The average molecular weight is 264 g/mol. The molecular formula is C15H20O4. The van der Waals surface area contributed by atoms with Crippen LogP contribution in [0.2, 0.25) is 0 Å². The van der Waals surface area contributed by atoms with E-state index in [2.05, 4.69) is 0 Å². The Morgan fingerprint density at radius 1 is 1.26 bits per heavy atom. The van der Waals surface area contributed by atoms with Gasteiger partial charge in [0.2, 0.25) is 0 Å². The number of rotatable bonds is 5. The molecule has 1 atom stereocenters. The van der Waals surface area contributed by atoms with Gasteiger partial charge in [0, 0.05) is 12.8 Å². The minimum Gasteiger partial charge on any atom is -0.495 e. The summed E-state index contributed by atoms with van der Waals surface area (Å²) in [6.45, 7) is 2.41. The molecule has 1 aromatic rings. The summed E-state index contributed by atoms with van der Waals surface area (Å²) in [5.41, 5.74) is -0.0186. The quantitative estimate of drug-likeness (QED) is 0.886. The summed E-state index contributed by atoms with van der Waals surface area (Å²) in [4.78, 5) is 0. The number of methoxy groups -OCH3 is 2. The van der Waals surface area contributed by atoms with Gasteiger partial charge in [0.25, 0.3) is 0 Å². The normalized spacial score (nSPS) is 17.4. The number of aliphatic hydroxyl groups is 1. The maximum atomic E-state index is 10.5. The van der Waals surface area contributed by atoms with Gasteiger partial charge in [-0.3, -0.25) is 0 Å². The molecule has 1 aliphatic rings. The molecule has 1 aliphatic heterocycles. The van der Waals surface area contributed by atoms with Crippen LogP contribution in [0.5, 0.6) is 11.5 Å². The molecule has 0 spiro atoms. The summed E-state index contributed by atoms with van der Waals surface area (Å²) in [6.07, 6.45) is 3.28. The molecule has 0 radical (unpaired) electrons. The summed E-state index contributed by atoms with van der Waals surface area (Å²) in [5.74, 6) is 2.00. The SMILES string of the molecule is COc1ccc(CC(C)(O)C2=CCCO2)cc1OC. The Kier molecular flexibility index (Phi) is 4.00. The lowest BCUT2D eigenvalue weighted by atomic mass is 9.94. The van der Waals surface area contributed by atoms with Crippen molar-refractivity contribution in [2.75, 3.05) is 20.8 Å². The van der Waals surface area contributed by atoms with E-state index in [1.54, 1.807) is 21.1 Å². The Morgan fingerprint density at radius 2 is 2.00 bits per heavy atom. The molecule has 0 saturated heterocycles. The molecule has 0 saturated carbocycles. The first-order valence-corrected chi connectivity index (χ1v) is 6.33. The van der Waals surface area contributed by atoms with Crippen LogP contribution in [0.1, 0.15) is 18.9 Å². The first-order valence-electron chi connectivity index (χ1n) is 6.33. The second-order valence-electron chi connectivity index (χ2n) is 4.85. The summed E-state index contributed by atoms with van der Waals surface area (Å²) in [7, 11) is 3.20. The third kappa shape index (κ3) is 3.01. The van der Waals surface area contributed by atoms with Crippen LogP contribution in [-0.2, 0) is 11.2 Å². The standard InChI is InChI=1S/C15H20O4/c1-15(16,14-5-4-8-19-14)10-11-6-7-12(17-2)13(9-11)18-3/h5-7,9,16H,4,8,10H2,1-3H3. The van der Waals surface area contributed by atoms with Gasteiger partial charge in [0.05, 0.1) is 20.8 Å². The second-order valence-corrected chi connectivity index (χ2v) is 4.85. The highest BCUT2D eigenvalue weighted by atomic mass is 16.5. The van der Waals surface area contributed by atoms with Crippen molar-refractivity contribution < 1.29 is 19.3 Å². The van der Waals surface area contributed by atoms with Crippen molar-refractivity contribution in [2.24, 2.45) is 0 Å². The van der Waals surface area contributed by atoms with Crippen molar-refractivity contribution in [1.82, 2.24) is 0 Å². The van der Waals surface area contributed by atoms with Gasteiger partial charge in [0.1, 0.15) is 11.4 Å². The highest BCUT2D eigenvalue weighted by Crippen LogP contribution is 2.31. The molecule has 104 valence electrons. The Bertz CT molecular complexity index is 477. The number of hydrogen-bond donors (Lipinski definition) is 1. The Balaban J connectivity index is 2.18.